The zero-order valence-corrected chi connectivity index (χ0v) is 9.35. The molecule has 3 rings (SSSR count). The number of aryl methyl sites for hydroxylation is 1. The van der Waals surface area contributed by atoms with Crippen molar-refractivity contribution in [3.8, 4) is 11.1 Å². The average molecular weight is 210 g/mol. The van der Waals surface area contributed by atoms with Crippen molar-refractivity contribution in [2.75, 3.05) is 6.54 Å². The Kier molecular flexibility index (Phi) is 2.13. The lowest BCUT2D eigenvalue weighted by Gasteiger charge is -2.11. The van der Waals surface area contributed by atoms with Gasteiger partial charge in [-0.1, -0.05) is 18.2 Å². The molecule has 0 bridgehead atoms. The van der Waals surface area contributed by atoms with Gasteiger partial charge in [0.25, 0.3) is 0 Å². The second-order valence-electron chi connectivity index (χ2n) is 4.26. The molecule has 16 heavy (non-hydrogen) atoms. The van der Waals surface area contributed by atoms with Crippen LogP contribution in [0.4, 0.5) is 0 Å². The molecule has 2 nitrogen and oxygen atoms in total. The molecule has 0 spiro atoms. The molecule has 0 fully saturated rings. The molecule has 1 aliphatic heterocycles. The first-order valence-electron chi connectivity index (χ1n) is 5.58. The Hall–Kier alpha value is -1.83. The van der Waals surface area contributed by atoms with E-state index in [2.05, 4.69) is 53.3 Å². The van der Waals surface area contributed by atoms with Gasteiger partial charge in [-0.2, -0.15) is 0 Å². The van der Waals surface area contributed by atoms with Crippen LogP contribution in [0.25, 0.3) is 11.1 Å². The van der Waals surface area contributed by atoms with Crippen LogP contribution in [0.5, 0.6) is 0 Å². The van der Waals surface area contributed by atoms with Gasteiger partial charge in [0.05, 0.1) is 0 Å². The molecular weight excluding hydrogens is 196 g/mol. The summed E-state index contributed by atoms with van der Waals surface area (Å²) < 4.78 is 2.08. The molecule has 0 aliphatic carbocycles. The molecule has 0 N–H and O–H groups in total. The number of hydrogen-bond acceptors (Lipinski definition) is 1. The van der Waals surface area contributed by atoms with E-state index in [-0.39, 0.29) is 0 Å². The number of aromatic nitrogens is 1. The maximum atomic E-state index is 4.30. The fourth-order valence-electron chi connectivity index (χ4n) is 2.15. The van der Waals surface area contributed by atoms with E-state index in [4.69, 9.17) is 0 Å². The molecule has 2 heteroatoms. The Morgan fingerprint density at radius 3 is 2.94 bits per heavy atom. The Morgan fingerprint density at radius 2 is 2.12 bits per heavy atom. The van der Waals surface area contributed by atoms with Gasteiger partial charge in [-0.05, 0) is 34.7 Å². The summed E-state index contributed by atoms with van der Waals surface area (Å²) in [5, 5.41) is 0. The minimum atomic E-state index is 0.922. The normalized spacial score (nSPS) is 13.8. The zero-order chi connectivity index (χ0) is 11.0. The van der Waals surface area contributed by atoms with E-state index in [1.165, 1.54) is 22.3 Å². The number of benzene rings is 1. The summed E-state index contributed by atoms with van der Waals surface area (Å²) in [6.07, 6.45) is 7.27. The zero-order valence-electron chi connectivity index (χ0n) is 9.35. The summed E-state index contributed by atoms with van der Waals surface area (Å²) in [5.41, 5.74) is 5.27. The molecule has 1 aromatic carbocycles. The number of fused-ring (bicyclic) bond motifs is 1. The maximum absolute atomic E-state index is 4.30. The van der Waals surface area contributed by atoms with Gasteiger partial charge in [0, 0.05) is 32.2 Å². The molecule has 0 amide bonds. The largest absolute Gasteiger partial charge is 0.357 e. The molecule has 1 aromatic heterocycles. The standard InChI is InChI=1S/C14H14N2/c1-16-7-5-14(10-16)11-2-3-13-9-15-6-4-12(13)8-11/h2-3,5,7-10H,4,6H2,1H3. The third-order valence-corrected chi connectivity index (χ3v) is 3.05. The van der Waals surface area contributed by atoms with Gasteiger partial charge in [0.2, 0.25) is 0 Å². The summed E-state index contributed by atoms with van der Waals surface area (Å²) in [6.45, 7) is 0.922. The monoisotopic (exact) mass is 210 g/mol. The highest BCUT2D eigenvalue weighted by Crippen LogP contribution is 2.23. The van der Waals surface area contributed by atoms with E-state index >= 15 is 0 Å². The summed E-state index contributed by atoms with van der Waals surface area (Å²) in [5.74, 6) is 0. The lowest BCUT2D eigenvalue weighted by molar-refractivity contribution is 0.928. The van der Waals surface area contributed by atoms with Gasteiger partial charge in [0.1, 0.15) is 0 Å². The third kappa shape index (κ3) is 1.56. The number of nitrogens with zero attached hydrogens (tertiary/aromatic N) is 2. The van der Waals surface area contributed by atoms with Crippen LogP contribution in [0, 0.1) is 0 Å². The van der Waals surface area contributed by atoms with E-state index < -0.39 is 0 Å². The molecule has 2 heterocycles. The number of rotatable bonds is 1. The molecule has 0 radical (unpaired) electrons. The Morgan fingerprint density at radius 1 is 1.19 bits per heavy atom. The minimum absolute atomic E-state index is 0.922. The highest BCUT2D eigenvalue weighted by Gasteiger charge is 2.07. The van der Waals surface area contributed by atoms with Crippen molar-refractivity contribution in [3.05, 3.63) is 47.8 Å². The average Bonchev–Trinajstić information content (AvgIpc) is 2.75. The third-order valence-electron chi connectivity index (χ3n) is 3.05. The van der Waals surface area contributed by atoms with Crippen molar-refractivity contribution in [2.45, 2.75) is 6.42 Å². The van der Waals surface area contributed by atoms with Gasteiger partial charge in [-0.3, -0.25) is 4.99 Å². The molecule has 0 unspecified atom stereocenters. The van der Waals surface area contributed by atoms with Gasteiger partial charge in [0.15, 0.2) is 0 Å². The second kappa shape index (κ2) is 3.63. The van der Waals surface area contributed by atoms with E-state index in [9.17, 15) is 0 Å². The summed E-state index contributed by atoms with van der Waals surface area (Å²) in [7, 11) is 2.05. The molecule has 80 valence electrons. The topological polar surface area (TPSA) is 17.3 Å². The predicted molar refractivity (Wildman–Crippen MR) is 67.0 cm³/mol. The second-order valence-corrected chi connectivity index (χ2v) is 4.26. The molecule has 0 atom stereocenters. The highest BCUT2D eigenvalue weighted by molar-refractivity contribution is 5.84. The van der Waals surface area contributed by atoms with Crippen LogP contribution in [-0.4, -0.2) is 17.3 Å². The van der Waals surface area contributed by atoms with Crippen molar-refractivity contribution >= 4 is 6.21 Å². The lowest BCUT2D eigenvalue weighted by Crippen LogP contribution is -2.02. The SMILES string of the molecule is Cn1ccc(-c2ccc3c(c2)CCN=C3)c1. The van der Waals surface area contributed by atoms with Crippen molar-refractivity contribution in [3.63, 3.8) is 0 Å². The van der Waals surface area contributed by atoms with Crippen LogP contribution in [-0.2, 0) is 13.5 Å². The van der Waals surface area contributed by atoms with E-state index in [1.807, 2.05) is 6.21 Å². The van der Waals surface area contributed by atoms with Gasteiger partial charge >= 0.3 is 0 Å². The minimum Gasteiger partial charge on any atom is -0.357 e. The van der Waals surface area contributed by atoms with Crippen molar-refractivity contribution < 1.29 is 0 Å². The van der Waals surface area contributed by atoms with Crippen LogP contribution in [0.15, 0.2) is 41.7 Å². The molecule has 1 aliphatic rings. The highest BCUT2D eigenvalue weighted by atomic mass is 14.9. The van der Waals surface area contributed by atoms with Gasteiger partial charge in [-0.15, -0.1) is 0 Å². The van der Waals surface area contributed by atoms with Crippen LogP contribution in [0.3, 0.4) is 0 Å². The van der Waals surface area contributed by atoms with Gasteiger partial charge in [-0.25, -0.2) is 0 Å². The summed E-state index contributed by atoms with van der Waals surface area (Å²) in [4.78, 5) is 4.30. The van der Waals surface area contributed by atoms with Crippen LogP contribution in [0.2, 0.25) is 0 Å². The predicted octanol–water partition coefficient (Wildman–Crippen LogP) is 2.67. The summed E-state index contributed by atoms with van der Waals surface area (Å²) >= 11 is 0. The smallest absolute Gasteiger partial charge is 0.0430 e. The molecule has 2 aromatic rings. The lowest BCUT2D eigenvalue weighted by atomic mass is 9.98. The fourth-order valence-corrected chi connectivity index (χ4v) is 2.15. The van der Waals surface area contributed by atoms with Crippen molar-refractivity contribution in [2.24, 2.45) is 12.0 Å². The van der Waals surface area contributed by atoms with Gasteiger partial charge < -0.3 is 4.57 Å². The molecular formula is C14H14N2. The van der Waals surface area contributed by atoms with Crippen LogP contribution >= 0.6 is 0 Å². The van der Waals surface area contributed by atoms with E-state index in [0.717, 1.165) is 13.0 Å². The Labute approximate surface area is 95.3 Å². The first kappa shape index (κ1) is 9.40. The first-order valence-corrected chi connectivity index (χ1v) is 5.58. The van der Waals surface area contributed by atoms with Crippen LogP contribution in [0.1, 0.15) is 11.1 Å². The van der Waals surface area contributed by atoms with Crippen LogP contribution < -0.4 is 0 Å². The fraction of sp³-hybridized carbons (Fsp3) is 0.214. The van der Waals surface area contributed by atoms with E-state index in [1.54, 1.807) is 0 Å². The number of aliphatic imine (C=N–C) groups is 1. The quantitative estimate of drug-likeness (QED) is 0.688. The maximum Gasteiger partial charge on any atom is 0.0430 e. The van der Waals surface area contributed by atoms with E-state index in [0.29, 0.717) is 0 Å². The summed E-state index contributed by atoms with van der Waals surface area (Å²) in [6, 6.07) is 8.78. The number of hydrogen-bond donors (Lipinski definition) is 0. The molecule has 0 saturated carbocycles. The van der Waals surface area contributed by atoms with Crippen molar-refractivity contribution in [1.82, 2.24) is 4.57 Å². The Balaban J connectivity index is 2.06. The van der Waals surface area contributed by atoms with Crippen molar-refractivity contribution in [1.29, 1.82) is 0 Å². The first-order chi connectivity index (χ1) is 7.83. The Bertz CT molecular complexity index is 550. The molecule has 0 saturated heterocycles.